The van der Waals surface area contributed by atoms with Crippen LogP contribution >= 0.6 is 11.3 Å². The summed E-state index contributed by atoms with van der Waals surface area (Å²) in [5, 5.41) is 0. The Kier molecular flexibility index (Phi) is 4.28. The van der Waals surface area contributed by atoms with Crippen LogP contribution in [0.1, 0.15) is 21.8 Å². The van der Waals surface area contributed by atoms with Crippen LogP contribution < -0.4 is 10.5 Å². The summed E-state index contributed by atoms with van der Waals surface area (Å²) in [6.45, 7) is 5.01. The fraction of sp³-hybridized carbons (Fsp3) is 0.385. The van der Waals surface area contributed by atoms with Crippen LogP contribution in [0.15, 0.2) is 17.6 Å². The molecule has 0 fully saturated rings. The number of nitrogens with zero attached hydrogens (tertiary/aromatic N) is 2. The number of aryl methyl sites for hydroxylation is 2. The van der Waals surface area contributed by atoms with Gasteiger partial charge in [0.1, 0.15) is 0 Å². The van der Waals surface area contributed by atoms with Crippen molar-refractivity contribution in [2.75, 3.05) is 6.61 Å². The molecule has 2 N–H and O–H groups in total. The average molecular weight is 263 g/mol. The van der Waals surface area contributed by atoms with Gasteiger partial charge < -0.3 is 10.5 Å². The van der Waals surface area contributed by atoms with E-state index in [1.165, 1.54) is 4.88 Å². The molecule has 96 valence electrons. The molecule has 0 saturated heterocycles. The van der Waals surface area contributed by atoms with Gasteiger partial charge in [-0.05, 0) is 19.9 Å². The van der Waals surface area contributed by atoms with E-state index < -0.39 is 0 Å². The lowest BCUT2D eigenvalue weighted by atomic mass is 10.2. The number of aromatic nitrogens is 2. The van der Waals surface area contributed by atoms with Gasteiger partial charge in [-0.2, -0.15) is 0 Å². The molecule has 0 unspecified atom stereocenters. The van der Waals surface area contributed by atoms with E-state index in [9.17, 15) is 0 Å². The summed E-state index contributed by atoms with van der Waals surface area (Å²) in [6, 6.07) is 3.91. The number of hydrogen-bond donors (Lipinski definition) is 1. The normalized spacial score (nSPS) is 10.6. The van der Waals surface area contributed by atoms with E-state index in [1.54, 1.807) is 11.3 Å². The molecule has 18 heavy (non-hydrogen) atoms. The van der Waals surface area contributed by atoms with Crippen LogP contribution in [0, 0.1) is 13.8 Å². The number of nitrogens with two attached hydrogens (primary N) is 1. The van der Waals surface area contributed by atoms with E-state index in [-0.39, 0.29) is 0 Å². The Morgan fingerprint density at radius 2 is 2.17 bits per heavy atom. The third kappa shape index (κ3) is 3.05. The van der Waals surface area contributed by atoms with Crippen molar-refractivity contribution >= 4 is 11.3 Å². The third-order valence-corrected chi connectivity index (χ3v) is 3.71. The van der Waals surface area contributed by atoms with Crippen LogP contribution in [-0.2, 0) is 13.0 Å². The number of rotatable bonds is 5. The third-order valence-electron chi connectivity index (χ3n) is 2.71. The molecule has 5 heteroatoms. The molecule has 0 aliphatic carbocycles. The molecule has 0 atom stereocenters. The van der Waals surface area contributed by atoms with E-state index in [1.807, 2.05) is 31.5 Å². The minimum atomic E-state index is 0.447. The molecule has 2 rings (SSSR count). The molecule has 0 bridgehead atoms. The van der Waals surface area contributed by atoms with Gasteiger partial charge in [-0.1, -0.05) is 6.07 Å². The van der Waals surface area contributed by atoms with Crippen molar-refractivity contribution in [2.24, 2.45) is 5.73 Å². The molecule has 0 radical (unpaired) electrons. The second kappa shape index (κ2) is 5.93. The second-order valence-electron chi connectivity index (χ2n) is 4.08. The molecule has 0 aromatic carbocycles. The summed E-state index contributed by atoms with van der Waals surface area (Å²) < 4.78 is 5.72. The maximum atomic E-state index is 5.72. The molecular weight excluding hydrogens is 246 g/mol. The Labute approximate surface area is 111 Å². The van der Waals surface area contributed by atoms with Gasteiger partial charge in [0.25, 0.3) is 0 Å². The highest BCUT2D eigenvalue weighted by molar-refractivity contribution is 7.09. The lowest BCUT2D eigenvalue weighted by molar-refractivity contribution is 0.306. The van der Waals surface area contributed by atoms with Crippen LogP contribution in [0.3, 0.4) is 0 Å². The minimum absolute atomic E-state index is 0.447. The molecule has 4 nitrogen and oxygen atoms in total. The largest absolute Gasteiger partial charge is 0.477 e. The van der Waals surface area contributed by atoms with Crippen LogP contribution in [0.2, 0.25) is 0 Å². The number of thiazole rings is 1. The first-order valence-electron chi connectivity index (χ1n) is 5.89. The van der Waals surface area contributed by atoms with Gasteiger partial charge in [0, 0.05) is 29.1 Å². The smallest absolute Gasteiger partial charge is 0.218 e. The van der Waals surface area contributed by atoms with Crippen LogP contribution in [0.4, 0.5) is 0 Å². The molecule has 0 amide bonds. The lowest BCUT2D eigenvalue weighted by Crippen LogP contribution is -2.08. The lowest BCUT2D eigenvalue weighted by Gasteiger charge is -2.09. The first-order valence-corrected chi connectivity index (χ1v) is 6.77. The standard InChI is InChI=1S/C13H17N3OS/c1-9-3-4-11(7-14)13(16-9)17-6-5-12-10(2)15-8-18-12/h3-4,8H,5-7,14H2,1-2H3. The molecule has 0 aliphatic heterocycles. The molecule has 0 spiro atoms. The number of hydrogen-bond acceptors (Lipinski definition) is 5. The molecule has 0 saturated carbocycles. The quantitative estimate of drug-likeness (QED) is 0.898. The predicted molar refractivity (Wildman–Crippen MR) is 72.9 cm³/mol. The van der Waals surface area contributed by atoms with E-state index in [0.29, 0.717) is 19.0 Å². The summed E-state index contributed by atoms with van der Waals surface area (Å²) in [7, 11) is 0. The summed E-state index contributed by atoms with van der Waals surface area (Å²) in [4.78, 5) is 9.85. The Balaban J connectivity index is 1.98. The fourth-order valence-electron chi connectivity index (χ4n) is 1.65. The van der Waals surface area contributed by atoms with Gasteiger partial charge in [0.05, 0.1) is 17.8 Å². The SMILES string of the molecule is Cc1ccc(CN)c(OCCc2scnc2C)n1. The Morgan fingerprint density at radius 3 is 2.83 bits per heavy atom. The molecule has 2 aromatic rings. The van der Waals surface area contributed by atoms with Crippen molar-refractivity contribution < 1.29 is 4.74 Å². The van der Waals surface area contributed by atoms with Crippen molar-refractivity contribution in [3.8, 4) is 5.88 Å². The Bertz CT molecular complexity index is 525. The molecular formula is C13H17N3OS. The maximum Gasteiger partial charge on any atom is 0.218 e. The van der Waals surface area contributed by atoms with Crippen LogP contribution in [0.5, 0.6) is 5.88 Å². The van der Waals surface area contributed by atoms with Gasteiger partial charge in [-0.15, -0.1) is 11.3 Å². The molecule has 2 heterocycles. The Hall–Kier alpha value is -1.46. The van der Waals surface area contributed by atoms with Crippen LogP contribution in [-0.4, -0.2) is 16.6 Å². The van der Waals surface area contributed by atoms with Gasteiger partial charge in [0.15, 0.2) is 0 Å². The minimum Gasteiger partial charge on any atom is -0.477 e. The van der Waals surface area contributed by atoms with Crippen molar-refractivity contribution in [3.63, 3.8) is 0 Å². The summed E-state index contributed by atoms with van der Waals surface area (Å²) in [6.07, 6.45) is 0.857. The van der Waals surface area contributed by atoms with Crippen molar-refractivity contribution in [1.82, 2.24) is 9.97 Å². The van der Waals surface area contributed by atoms with E-state index in [4.69, 9.17) is 10.5 Å². The maximum absolute atomic E-state index is 5.72. The zero-order valence-corrected chi connectivity index (χ0v) is 11.5. The van der Waals surface area contributed by atoms with Crippen LogP contribution in [0.25, 0.3) is 0 Å². The van der Waals surface area contributed by atoms with Gasteiger partial charge in [-0.3, -0.25) is 0 Å². The monoisotopic (exact) mass is 263 g/mol. The van der Waals surface area contributed by atoms with Gasteiger partial charge >= 0.3 is 0 Å². The zero-order valence-electron chi connectivity index (χ0n) is 10.6. The molecule has 0 aliphatic rings. The Morgan fingerprint density at radius 1 is 1.33 bits per heavy atom. The molecule has 2 aromatic heterocycles. The highest BCUT2D eigenvalue weighted by Gasteiger charge is 2.06. The van der Waals surface area contributed by atoms with Gasteiger partial charge in [0.2, 0.25) is 5.88 Å². The number of ether oxygens (including phenoxy) is 1. The van der Waals surface area contributed by atoms with Crippen molar-refractivity contribution in [2.45, 2.75) is 26.8 Å². The van der Waals surface area contributed by atoms with Crippen molar-refractivity contribution in [3.05, 3.63) is 39.5 Å². The van der Waals surface area contributed by atoms with E-state index >= 15 is 0 Å². The topological polar surface area (TPSA) is 61.0 Å². The summed E-state index contributed by atoms with van der Waals surface area (Å²) in [5.41, 5.74) is 10.5. The zero-order chi connectivity index (χ0) is 13.0. The average Bonchev–Trinajstić information content (AvgIpc) is 2.76. The van der Waals surface area contributed by atoms with E-state index in [2.05, 4.69) is 9.97 Å². The second-order valence-corrected chi connectivity index (χ2v) is 5.02. The highest BCUT2D eigenvalue weighted by Crippen LogP contribution is 2.17. The van der Waals surface area contributed by atoms with E-state index in [0.717, 1.165) is 23.4 Å². The highest BCUT2D eigenvalue weighted by atomic mass is 32.1. The summed E-state index contributed by atoms with van der Waals surface area (Å²) in [5.74, 6) is 0.652. The first-order chi connectivity index (χ1) is 8.70. The fourth-order valence-corrected chi connectivity index (χ4v) is 2.41. The first kappa shape index (κ1) is 13.0. The van der Waals surface area contributed by atoms with Gasteiger partial charge in [-0.25, -0.2) is 9.97 Å². The summed E-state index contributed by atoms with van der Waals surface area (Å²) >= 11 is 1.66. The van der Waals surface area contributed by atoms with Crippen molar-refractivity contribution in [1.29, 1.82) is 0 Å². The predicted octanol–water partition coefficient (Wildman–Crippen LogP) is 2.24. The number of pyridine rings is 1.